The van der Waals surface area contributed by atoms with Crippen LogP contribution in [0.1, 0.15) is 35.1 Å². The van der Waals surface area contributed by atoms with Gasteiger partial charge < -0.3 is 5.32 Å². The van der Waals surface area contributed by atoms with E-state index in [0.29, 0.717) is 18.4 Å². The van der Waals surface area contributed by atoms with Gasteiger partial charge in [0.2, 0.25) is 5.91 Å². The highest BCUT2D eigenvalue weighted by atomic mass is 19.4. The van der Waals surface area contributed by atoms with Crippen molar-refractivity contribution in [2.45, 2.75) is 37.4 Å². The number of hydrogen-bond acceptors (Lipinski definition) is 3. The van der Waals surface area contributed by atoms with Crippen molar-refractivity contribution >= 4 is 11.7 Å². The van der Waals surface area contributed by atoms with Crippen molar-refractivity contribution in [3.05, 3.63) is 82.5 Å². The van der Waals surface area contributed by atoms with Gasteiger partial charge in [-0.15, -0.1) is 0 Å². The zero-order valence-electron chi connectivity index (χ0n) is 17.1. The molecule has 0 aliphatic heterocycles. The summed E-state index contributed by atoms with van der Waals surface area (Å²) in [6.45, 7) is 0.129. The summed E-state index contributed by atoms with van der Waals surface area (Å²) in [5, 5.41) is 15.9. The molecular weight excluding hydrogens is 443 g/mol. The molecule has 33 heavy (non-hydrogen) atoms. The summed E-state index contributed by atoms with van der Waals surface area (Å²) in [5.74, 6) is -2.36. The molecule has 0 radical (unpaired) electrons. The molecule has 1 aromatic heterocycles. The lowest BCUT2D eigenvalue weighted by Gasteiger charge is -2.17. The Labute approximate surface area is 185 Å². The van der Waals surface area contributed by atoms with Crippen molar-refractivity contribution < 1.29 is 26.7 Å². The fourth-order valence-corrected chi connectivity index (χ4v) is 3.63. The minimum Gasteiger partial charge on any atom is -0.309 e. The number of halogens is 5. The molecule has 0 spiro atoms. The van der Waals surface area contributed by atoms with E-state index in [9.17, 15) is 32.0 Å². The van der Waals surface area contributed by atoms with Gasteiger partial charge in [0.05, 0.1) is 30.0 Å². The summed E-state index contributed by atoms with van der Waals surface area (Å²) >= 11 is 0. The number of amides is 1. The number of alkyl halides is 3. The molecule has 3 aromatic rings. The van der Waals surface area contributed by atoms with Gasteiger partial charge in [-0.25, -0.2) is 8.78 Å². The van der Waals surface area contributed by atoms with Crippen molar-refractivity contribution in [3.63, 3.8) is 0 Å². The number of carbonyl (C=O) groups is 1. The van der Waals surface area contributed by atoms with E-state index in [1.807, 2.05) is 6.07 Å². The smallest absolute Gasteiger partial charge is 0.309 e. The van der Waals surface area contributed by atoms with Gasteiger partial charge in [0.1, 0.15) is 0 Å². The van der Waals surface area contributed by atoms with Gasteiger partial charge in [-0.1, -0.05) is 18.2 Å². The van der Waals surface area contributed by atoms with E-state index in [1.54, 1.807) is 0 Å². The maximum absolute atomic E-state index is 13.6. The van der Waals surface area contributed by atoms with Gasteiger partial charge in [-0.05, 0) is 47.7 Å². The third-order valence-electron chi connectivity index (χ3n) is 5.47. The van der Waals surface area contributed by atoms with Gasteiger partial charge in [-0.2, -0.15) is 23.5 Å². The molecule has 1 fully saturated rings. The molecule has 2 aromatic carbocycles. The number of anilines is 1. The third kappa shape index (κ3) is 4.87. The molecule has 1 aliphatic carbocycles. The summed E-state index contributed by atoms with van der Waals surface area (Å²) in [5.41, 5.74) is -1.45. The molecule has 170 valence electrons. The lowest BCUT2D eigenvalue weighted by atomic mass is 9.90. The Bertz CT molecular complexity index is 1250. The zero-order chi connectivity index (χ0) is 23.8. The molecule has 1 heterocycles. The van der Waals surface area contributed by atoms with Crippen molar-refractivity contribution in [1.82, 2.24) is 9.78 Å². The van der Waals surface area contributed by atoms with E-state index in [-0.39, 0.29) is 29.9 Å². The average molecular weight is 460 g/mol. The molecule has 1 amide bonds. The van der Waals surface area contributed by atoms with Gasteiger partial charge >= 0.3 is 6.18 Å². The topological polar surface area (TPSA) is 70.7 Å². The largest absolute Gasteiger partial charge is 0.416 e. The first-order valence-electron chi connectivity index (χ1n) is 9.99. The summed E-state index contributed by atoms with van der Waals surface area (Å²) < 4.78 is 68.5. The van der Waals surface area contributed by atoms with Gasteiger partial charge in [0, 0.05) is 12.3 Å². The van der Waals surface area contributed by atoms with Crippen LogP contribution in [0.4, 0.5) is 27.8 Å². The molecule has 0 atom stereocenters. The van der Waals surface area contributed by atoms with Crippen LogP contribution in [-0.2, 0) is 29.4 Å². The Morgan fingerprint density at radius 3 is 2.45 bits per heavy atom. The van der Waals surface area contributed by atoms with E-state index >= 15 is 0 Å². The fourth-order valence-electron chi connectivity index (χ4n) is 3.63. The van der Waals surface area contributed by atoms with E-state index in [0.717, 1.165) is 18.2 Å². The van der Waals surface area contributed by atoms with Gasteiger partial charge in [0.25, 0.3) is 0 Å². The summed E-state index contributed by atoms with van der Waals surface area (Å²) in [4.78, 5) is 12.4. The lowest BCUT2D eigenvalue weighted by Crippen LogP contribution is -2.18. The molecule has 1 N–H and O–H groups in total. The van der Waals surface area contributed by atoms with E-state index in [1.165, 1.54) is 35.1 Å². The van der Waals surface area contributed by atoms with E-state index < -0.39 is 34.7 Å². The Morgan fingerprint density at radius 1 is 1.09 bits per heavy atom. The highest BCUT2D eigenvalue weighted by Crippen LogP contribution is 2.51. The highest BCUT2D eigenvalue weighted by Gasteiger charge is 2.50. The molecule has 0 saturated heterocycles. The van der Waals surface area contributed by atoms with E-state index in [2.05, 4.69) is 10.4 Å². The quantitative estimate of drug-likeness (QED) is 0.529. The van der Waals surface area contributed by atoms with Gasteiger partial charge in [0.15, 0.2) is 17.5 Å². The van der Waals surface area contributed by atoms with Crippen LogP contribution in [0, 0.1) is 23.0 Å². The first-order valence-corrected chi connectivity index (χ1v) is 9.99. The highest BCUT2D eigenvalue weighted by molar-refractivity contribution is 5.91. The Balaban J connectivity index is 1.44. The SMILES string of the molecule is N#CC1(c2ccc(CC(=O)Nc3ccn(Cc4ccc(F)c(F)c4)n3)cc2C(F)(F)F)CC1. The monoisotopic (exact) mass is 460 g/mol. The first kappa shape index (κ1) is 22.5. The van der Waals surface area contributed by atoms with Crippen LogP contribution in [0.25, 0.3) is 0 Å². The number of aromatic nitrogens is 2. The third-order valence-corrected chi connectivity index (χ3v) is 5.47. The molecule has 1 saturated carbocycles. The summed E-state index contributed by atoms with van der Waals surface area (Å²) in [6, 6.07) is 10.5. The average Bonchev–Trinajstić information content (AvgIpc) is 3.44. The summed E-state index contributed by atoms with van der Waals surface area (Å²) in [6.07, 6.45) is -2.70. The van der Waals surface area contributed by atoms with Crippen LogP contribution >= 0.6 is 0 Å². The molecular formula is C23H17F5N4O. The Kier molecular flexibility index (Phi) is 5.66. The number of benzene rings is 2. The molecule has 1 aliphatic rings. The van der Waals surface area contributed by atoms with Crippen LogP contribution < -0.4 is 5.32 Å². The van der Waals surface area contributed by atoms with Crippen LogP contribution in [-0.4, -0.2) is 15.7 Å². The Morgan fingerprint density at radius 2 is 1.82 bits per heavy atom. The maximum atomic E-state index is 13.6. The molecule has 0 unspecified atom stereocenters. The number of nitrogens with zero attached hydrogens (tertiary/aromatic N) is 3. The number of carbonyl (C=O) groups excluding carboxylic acids is 1. The number of rotatable bonds is 6. The number of nitriles is 1. The van der Waals surface area contributed by atoms with Crippen molar-refractivity contribution in [1.29, 1.82) is 5.26 Å². The second-order valence-corrected chi connectivity index (χ2v) is 7.94. The minimum atomic E-state index is -4.65. The van der Waals surface area contributed by atoms with Crippen molar-refractivity contribution in [3.8, 4) is 6.07 Å². The maximum Gasteiger partial charge on any atom is 0.416 e. The normalized spacial score (nSPS) is 14.5. The predicted octanol–water partition coefficient (Wildman–Crippen LogP) is 4.96. The second kappa shape index (κ2) is 8.31. The van der Waals surface area contributed by atoms with Gasteiger partial charge in [-0.3, -0.25) is 9.48 Å². The summed E-state index contributed by atoms with van der Waals surface area (Å²) in [7, 11) is 0. The van der Waals surface area contributed by atoms with Crippen LogP contribution in [0.5, 0.6) is 0 Å². The fraction of sp³-hybridized carbons (Fsp3) is 0.261. The number of nitrogens with one attached hydrogen (secondary N) is 1. The van der Waals surface area contributed by atoms with Crippen molar-refractivity contribution in [2.24, 2.45) is 0 Å². The standard InChI is InChI=1S/C23H17F5N4O/c24-18-4-2-15(10-19(18)25)12-32-8-5-20(31-32)30-21(33)11-14-1-3-16(22(13-29)6-7-22)17(9-14)23(26,27)28/h1-5,8-10H,6-7,11-12H2,(H,30,31,33). The molecule has 0 bridgehead atoms. The van der Waals surface area contributed by atoms with Crippen LogP contribution in [0.15, 0.2) is 48.7 Å². The molecule has 4 rings (SSSR count). The van der Waals surface area contributed by atoms with Crippen molar-refractivity contribution in [2.75, 3.05) is 5.32 Å². The lowest BCUT2D eigenvalue weighted by molar-refractivity contribution is -0.138. The number of hydrogen-bond donors (Lipinski definition) is 1. The van der Waals surface area contributed by atoms with Crippen LogP contribution in [0.3, 0.4) is 0 Å². The van der Waals surface area contributed by atoms with E-state index in [4.69, 9.17) is 0 Å². The first-order chi connectivity index (χ1) is 15.6. The minimum absolute atomic E-state index is 0.0577. The van der Waals surface area contributed by atoms with Crippen LogP contribution in [0.2, 0.25) is 0 Å². The second-order valence-electron chi connectivity index (χ2n) is 7.94. The zero-order valence-corrected chi connectivity index (χ0v) is 17.1. The molecule has 10 heteroatoms. The Hall–Kier alpha value is -3.74. The molecule has 5 nitrogen and oxygen atoms in total. The predicted molar refractivity (Wildman–Crippen MR) is 108 cm³/mol.